The molecule has 1 N–H and O–H groups in total. The molecule has 0 atom stereocenters. The molecule has 0 unspecified atom stereocenters. The van der Waals surface area contributed by atoms with Crippen molar-refractivity contribution in [3.8, 4) is 0 Å². The van der Waals surface area contributed by atoms with E-state index in [-0.39, 0.29) is 5.56 Å². The van der Waals surface area contributed by atoms with Gasteiger partial charge in [-0.05, 0) is 19.4 Å². The monoisotopic (exact) mass is 268 g/mol. The van der Waals surface area contributed by atoms with Gasteiger partial charge < -0.3 is 14.9 Å². The van der Waals surface area contributed by atoms with Gasteiger partial charge in [-0.15, -0.1) is 22.0 Å². The minimum atomic E-state index is -0.950. The first-order chi connectivity index (χ1) is 8.61. The van der Waals surface area contributed by atoms with Crippen molar-refractivity contribution in [2.75, 3.05) is 44.4 Å². The molecule has 2 rings (SSSR count). The smallest absolute Gasteiger partial charge is 0.339 e. The summed E-state index contributed by atoms with van der Waals surface area (Å²) in [6, 6.07) is 1.59. The molecule has 0 saturated carbocycles. The van der Waals surface area contributed by atoms with E-state index in [2.05, 4.69) is 22.1 Å². The number of carbonyl (C=O) groups is 1. The van der Waals surface area contributed by atoms with E-state index in [0.29, 0.717) is 10.8 Å². The van der Waals surface area contributed by atoms with Gasteiger partial charge >= 0.3 is 5.97 Å². The molecule has 1 aromatic rings. The zero-order valence-electron chi connectivity index (χ0n) is 10.5. The van der Waals surface area contributed by atoms with Crippen LogP contribution in [0.25, 0.3) is 0 Å². The van der Waals surface area contributed by atoms with Crippen LogP contribution in [0.15, 0.2) is 11.1 Å². The third kappa shape index (κ3) is 2.73. The molecule has 2 heterocycles. The summed E-state index contributed by atoms with van der Waals surface area (Å²) in [6.07, 6.45) is 1.85. The number of carboxylic acids is 1. The van der Waals surface area contributed by atoms with Crippen molar-refractivity contribution >= 4 is 23.5 Å². The third-order valence-electron chi connectivity index (χ3n) is 2.99. The van der Waals surface area contributed by atoms with E-state index in [1.54, 1.807) is 6.07 Å². The summed E-state index contributed by atoms with van der Waals surface area (Å²) in [7, 11) is 2.05. The van der Waals surface area contributed by atoms with Crippen LogP contribution in [0.3, 0.4) is 0 Å². The van der Waals surface area contributed by atoms with Crippen LogP contribution in [-0.2, 0) is 0 Å². The molecule has 0 bridgehead atoms. The van der Waals surface area contributed by atoms with Gasteiger partial charge in [0.15, 0.2) is 5.82 Å². The predicted molar refractivity (Wildman–Crippen MR) is 70.5 cm³/mol. The summed E-state index contributed by atoms with van der Waals surface area (Å²) < 4.78 is 0. The highest BCUT2D eigenvalue weighted by molar-refractivity contribution is 7.98. The molecule has 1 aromatic heterocycles. The Morgan fingerprint density at radius 3 is 2.56 bits per heavy atom. The highest BCUT2D eigenvalue weighted by Gasteiger charge is 2.22. The standard InChI is InChI=1S/C11H16N4O2S/c1-14-3-5-15(6-4-14)10-8(11(16)17)7-9(18-2)12-13-10/h7H,3-6H2,1-2H3,(H,16,17). The summed E-state index contributed by atoms with van der Waals surface area (Å²) >= 11 is 1.39. The van der Waals surface area contributed by atoms with Crippen LogP contribution in [0.5, 0.6) is 0 Å². The number of likely N-dealkylation sites (N-methyl/N-ethyl adjacent to an activating group) is 1. The number of piperazine rings is 1. The van der Waals surface area contributed by atoms with Crippen molar-refractivity contribution in [2.45, 2.75) is 5.03 Å². The van der Waals surface area contributed by atoms with E-state index in [1.807, 2.05) is 11.2 Å². The lowest BCUT2D eigenvalue weighted by Crippen LogP contribution is -2.45. The van der Waals surface area contributed by atoms with Gasteiger partial charge in [0.25, 0.3) is 0 Å². The van der Waals surface area contributed by atoms with Gasteiger partial charge in [0.2, 0.25) is 0 Å². The van der Waals surface area contributed by atoms with Crippen molar-refractivity contribution in [3.05, 3.63) is 11.6 Å². The summed E-state index contributed by atoms with van der Waals surface area (Å²) in [4.78, 5) is 15.5. The Morgan fingerprint density at radius 1 is 1.33 bits per heavy atom. The number of nitrogens with zero attached hydrogens (tertiary/aromatic N) is 4. The first-order valence-electron chi connectivity index (χ1n) is 5.70. The highest BCUT2D eigenvalue weighted by Crippen LogP contribution is 2.22. The molecule has 0 radical (unpaired) electrons. The summed E-state index contributed by atoms with van der Waals surface area (Å²) in [5.74, 6) is -0.470. The lowest BCUT2D eigenvalue weighted by atomic mass is 10.2. The van der Waals surface area contributed by atoms with Crippen molar-refractivity contribution in [1.29, 1.82) is 0 Å². The number of aromatic nitrogens is 2. The molecule has 0 aliphatic carbocycles. The maximum Gasteiger partial charge on any atom is 0.339 e. The van der Waals surface area contributed by atoms with E-state index in [1.165, 1.54) is 11.8 Å². The van der Waals surface area contributed by atoms with Crippen molar-refractivity contribution < 1.29 is 9.90 Å². The second-order valence-corrected chi connectivity index (χ2v) is 5.05. The van der Waals surface area contributed by atoms with Crippen molar-refractivity contribution in [2.24, 2.45) is 0 Å². The van der Waals surface area contributed by atoms with Crippen LogP contribution in [0.2, 0.25) is 0 Å². The van der Waals surface area contributed by atoms with Crippen LogP contribution in [0.4, 0.5) is 5.82 Å². The van der Waals surface area contributed by atoms with Gasteiger partial charge in [0.05, 0.1) is 0 Å². The minimum Gasteiger partial charge on any atom is -0.478 e. The number of thioether (sulfide) groups is 1. The maximum atomic E-state index is 11.3. The van der Waals surface area contributed by atoms with E-state index in [9.17, 15) is 9.90 Å². The first kappa shape index (κ1) is 13.1. The highest BCUT2D eigenvalue weighted by atomic mass is 32.2. The fraction of sp³-hybridized carbons (Fsp3) is 0.545. The lowest BCUT2D eigenvalue weighted by molar-refractivity contribution is 0.0696. The van der Waals surface area contributed by atoms with Gasteiger partial charge in [-0.25, -0.2) is 4.79 Å². The Balaban J connectivity index is 2.29. The van der Waals surface area contributed by atoms with E-state index in [0.717, 1.165) is 26.2 Å². The normalized spacial score (nSPS) is 16.9. The van der Waals surface area contributed by atoms with Crippen LogP contribution in [-0.4, -0.2) is 65.7 Å². The van der Waals surface area contributed by atoms with Gasteiger partial charge in [0.1, 0.15) is 10.6 Å². The molecule has 98 valence electrons. The average Bonchev–Trinajstić information content (AvgIpc) is 2.39. The average molecular weight is 268 g/mol. The van der Waals surface area contributed by atoms with Gasteiger partial charge in [-0.3, -0.25) is 0 Å². The van der Waals surface area contributed by atoms with Gasteiger partial charge in [-0.2, -0.15) is 0 Å². The van der Waals surface area contributed by atoms with E-state index in [4.69, 9.17) is 0 Å². The second-order valence-electron chi connectivity index (χ2n) is 4.22. The molecule has 7 heteroatoms. The fourth-order valence-corrected chi connectivity index (χ4v) is 2.23. The number of rotatable bonds is 3. The molecule has 1 fully saturated rings. The lowest BCUT2D eigenvalue weighted by Gasteiger charge is -2.33. The topological polar surface area (TPSA) is 69.6 Å². The Labute approximate surface area is 110 Å². The van der Waals surface area contributed by atoms with Gasteiger partial charge in [0, 0.05) is 26.2 Å². The molecular weight excluding hydrogens is 252 g/mol. The zero-order chi connectivity index (χ0) is 13.1. The molecule has 1 aliphatic heterocycles. The number of aromatic carboxylic acids is 1. The maximum absolute atomic E-state index is 11.3. The van der Waals surface area contributed by atoms with E-state index < -0.39 is 5.97 Å². The van der Waals surface area contributed by atoms with Crippen LogP contribution >= 0.6 is 11.8 Å². The van der Waals surface area contributed by atoms with Gasteiger partial charge in [-0.1, -0.05) is 0 Å². The number of carboxylic acid groups (broad SMARTS) is 1. The number of anilines is 1. The largest absolute Gasteiger partial charge is 0.478 e. The molecule has 0 amide bonds. The molecular formula is C11H16N4O2S. The molecule has 0 aromatic carbocycles. The summed E-state index contributed by atoms with van der Waals surface area (Å²) in [5, 5.41) is 18.0. The molecule has 0 spiro atoms. The fourth-order valence-electron chi connectivity index (χ4n) is 1.88. The number of hydrogen-bond acceptors (Lipinski definition) is 6. The molecule has 18 heavy (non-hydrogen) atoms. The Kier molecular flexibility index (Phi) is 4.03. The minimum absolute atomic E-state index is 0.235. The predicted octanol–water partition coefficient (Wildman–Crippen LogP) is 0.649. The zero-order valence-corrected chi connectivity index (χ0v) is 11.3. The first-order valence-corrected chi connectivity index (χ1v) is 6.93. The molecule has 1 aliphatic rings. The van der Waals surface area contributed by atoms with Crippen LogP contribution < -0.4 is 4.90 Å². The third-order valence-corrected chi connectivity index (χ3v) is 3.61. The van der Waals surface area contributed by atoms with E-state index >= 15 is 0 Å². The number of hydrogen-bond donors (Lipinski definition) is 1. The summed E-state index contributed by atoms with van der Waals surface area (Å²) in [6.45, 7) is 3.38. The summed E-state index contributed by atoms with van der Waals surface area (Å²) in [5.41, 5.74) is 0.235. The molecule has 6 nitrogen and oxygen atoms in total. The van der Waals surface area contributed by atoms with Crippen LogP contribution in [0, 0.1) is 0 Å². The quantitative estimate of drug-likeness (QED) is 0.807. The Hall–Kier alpha value is -1.34. The SMILES string of the molecule is CSc1cc(C(=O)O)c(N2CCN(C)CC2)nn1. The van der Waals surface area contributed by atoms with Crippen molar-refractivity contribution in [1.82, 2.24) is 15.1 Å². The Morgan fingerprint density at radius 2 is 2.00 bits per heavy atom. The molecule has 1 saturated heterocycles. The Bertz CT molecular complexity index is 447. The van der Waals surface area contributed by atoms with Crippen molar-refractivity contribution in [3.63, 3.8) is 0 Å². The van der Waals surface area contributed by atoms with Crippen LogP contribution in [0.1, 0.15) is 10.4 Å². The second kappa shape index (κ2) is 5.53.